The first-order valence-electron chi connectivity index (χ1n) is 8.16. The molecule has 2 aromatic carbocycles. The molecule has 0 saturated heterocycles. The van der Waals surface area contributed by atoms with Gasteiger partial charge in [-0.15, -0.1) is 0 Å². The zero-order valence-corrected chi connectivity index (χ0v) is 15.1. The zero-order valence-electron chi connectivity index (χ0n) is 15.1. The van der Waals surface area contributed by atoms with E-state index in [2.05, 4.69) is 11.4 Å². The lowest BCUT2D eigenvalue weighted by Gasteiger charge is -2.12. The second kappa shape index (κ2) is 9.15. The largest absolute Gasteiger partial charge is 0.452 e. The number of carbonyl (C=O) groups is 3. The Labute approximate surface area is 157 Å². The molecule has 0 bridgehead atoms. The van der Waals surface area contributed by atoms with Crippen LogP contribution in [-0.2, 0) is 14.3 Å². The summed E-state index contributed by atoms with van der Waals surface area (Å²) in [6, 6.07) is 15.7. The minimum Gasteiger partial charge on any atom is -0.452 e. The van der Waals surface area contributed by atoms with Crippen LogP contribution in [0.15, 0.2) is 48.5 Å². The summed E-state index contributed by atoms with van der Waals surface area (Å²) in [6.45, 7) is -0.677. The van der Waals surface area contributed by atoms with Crippen LogP contribution in [0.4, 0.5) is 0 Å². The highest BCUT2D eigenvalue weighted by Gasteiger charge is 2.17. The number of ether oxygens (including phenoxy) is 1. The molecule has 0 unspecified atom stereocenters. The van der Waals surface area contributed by atoms with Crippen molar-refractivity contribution in [2.45, 2.75) is 0 Å². The maximum absolute atomic E-state index is 12.4. The van der Waals surface area contributed by atoms with Crippen molar-refractivity contribution in [2.75, 3.05) is 27.2 Å². The van der Waals surface area contributed by atoms with Crippen LogP contribution >= 0.6 is 0 Å². The Hall–Kier alpha value is -3.66. The molecule has 0 aliphatic carbocycles. The molecule has 2 amide bonds. The summed E-state index contributed by atoms with van der Waals surface area (Å²) in [7, 11) is 3.15. The number of nitriles is 1. The number of hydrogen-bond acceptors (Lipinski definition) is 5. The van der Waals surface area contributed by atoms with Crippen LogP contribution in [0, 0.1) is 11.3 Å². The minimum atomic E-state index is -0.688. The number of amides is 2. The Morgan fingerprint density at radius 2 is 1.67 bits per heavy atom. The Balaban J connectivity index is 2.09. The second-order valence-corrected chi connectivity index (χ2v) is 5.84. The summed E-state index contributed by atoms with van der Waals surface area (Å²) in [5.41, 5.74) is 1.83. The molecule has 0 atom stereocenters. The fraction of sp³-hybridized carbons (Fsp3) is 0.200. The second-order valence-electron chi connectivity index (χ2n) is 5.84. The van der Waals surface area contributed by atoms with Crippen LogP contribution in [0.2, 0.25) is 0 Å². The van der Waals surface area contributed by atoms with Gasteiger partial charge < -0.3 is 15.0 Å². The van der Waals surface area contributed by atoms with Gasteiger partial charge in [0.2, 0.25) is 5.91 Å². The number of nitrogens with one attached hydrogen (secondary N) is 1. The van der Waals surface area contributed by atoms with Crippen molar-refractivity contribution in [1.82, 2.24) is 10.2 Å². The Kier molecular flexibility index (Phi) is 6.67. The molecule has 0 aliphatic heterocycles. The van der Waals surface area contributed by atoms with E-state index >= 15 is 0 Å². The van der Waals surface area contributed by atoms with E-state index in [0.29, 0.717) is 16.7 Å². The smallest absolute Gasteiger partial charge is 0.339 e. The number of likely N-dealkylation sites (N-methyl/N-ethyl adjacent to an activating group) is 1. The van der Waals surface area contributed by atoms with Crippen LogP contribution in [-0.4, -0.2) is 49.9 Å². The average molecular weight is 365 g/mol. The molecule has 7 nitrogen and oxygen atoms in total. The van der Waals surface area contributed by atoms with Gasteiger partial charge in [0, 0.05) is 19.7 Å². The van der Waals surface area contributed by atoms with Gasteiger partial charge in [-0.25, -0.2) is 4.79 Å². The van der Waals surface area contributed by atoms with Gasteiger partial charge in [0.05, 0.1) is 23.7 Å². The molecule has 1 N–H and O–H groups in total. The molecular formula is C20H19N3O4. The topological polar surface area (TPSA) is 99.5 Å². The van der Waals surface area contributed by atoms with Gasteiger partial charge >= 0.3 is 5.97 Å². The molecular weight excluding hydrogens is 346 g/mol. The number of carbonyl (C=O) groups excluding carboxylic acids is 3. The molecule has 2 rings (SSSR count). The SMILES string of the molecule is CN(C)C(=O)CNC(=O)COC(=O)c1ccccc1-c1ccccc1C#N. The van der Waals surface area contributed by atoms with Crippen molar-refractivity contribution in [3.63, 3.8) is 0 Å². The van der Waals surface area contributed by atoms with Gasteiger partial charge in [0.1, 0.15) is 0 Å². The van der Waals surface area contributed by atoms with Gasteiger partial charge in [0.15, 0.2) is 6.61 Å². The van der Waals surface area contributed by atoms with Gasteiger partial charge in [-0.1, -0.05) is 36.4 Å². The van der Waals surface area contributed by atoms with E-state index in [-0.39, 0.29) is 18.0 Å². The molecule has 0 radical (unpaired) electrons. The fourth-order valence-corrected chi connectivity index (χ4v) is 2.30. The highest BCUT2D eigenvalue weighted by atomic mass is 16.5. The normalized spacial score (nSPS) is 9.81. The first-order valence-corrected chi connectivity index (χ1v) is 8.16. The third-order valence-electron chi connectivity index (χ3n) is 3.75. The van der Waals surface area contributed by atoms with Crippen molar-refractivity contribution in [2.24, 2.45) is 0 Å². The number of esters is 1. The summed E-state index contributed by atoms with van der Waals surface area (Å²) in [4.78, 5) is 37.0. The van der Waals surface area contributed by atoms with Crippen molar-refractivity contribution < 1.29 is 19.1 Å². The van der Waals surface area contributed by atoms with Crippen LogP contribution in [0.5, 0.6) is 0 Å². The first-order chi connectivity index (χ1) is 12.9. The van der Waals surface area contributed by atoms with Crippen LogP contribution in [0.1, 0.15) is 15.9 Å². The molecule has 0 heterocycles. The lowest BCUT2D eigenvalue weighted by atomic mass is 9.96. The van der Waals surface area contributed by atoms with Gasteiger partial charge in [0.25, 0.3) is 5.91 Å². The summed E-state index contributed by atoms with van der Waals surface area (Å²) >= 11 is 0. The Bertz CT molecular complexity index is 900. The summed E-state index contributed by atoms with van der Waals surface area (Å²) in [5.74, 6) is -1.53. The van der Waals surface area contributed by atoms with Crippen molar-refractivity contribution >= 4 is 17.8 Å². The Morgan fingerprint density at radius 3 is 2.33 bits per heavy atom. The standard InChI is InChI=1S/C20H19N3O4/c1-23(2)19(25)12-22-18(24)13-27-20(26)17-10-6-5-9-16(17)15-8-4-3-7-14(15)11-21/h3-10H,12-13H2,1-2H3,(H,22,24). The summed E-state index contributed by atoms with van der Waals surface area (Å²) < 4.78 is 5.06. The lowest BCUT2D eigenvalue weighted by molar-refractivity contribution is -0.131. The lowest BCUT2D eigenvalue weighted by Crippen LogP contribution is -2.38. The zero-order chi connectivity index (χ0) is 19.8. The molecule has 27 heavy (non-hydrogen) atoms. The monoisotopic (exact) mass is 365 g/mol. The van der Waals surface area contributed by atoms with E-state index in [0.717, 1.165) is 0 Å². The average Bonchev–Trinajstić information content (AvgIpc) is 2.69. The van der Waals surface area contributed by atoms with Crippen LogP contribution in [0.25, 0.3) is 11.1 Å². The molecule has 0 saturated carbocycles. The summed E-state index contributed by atoms with van der Waals surface area (Å²) in [5, 5.41) is 11.7. The van der Waals surface area contributed by atoms with E-state index in [1.54, 1.807) is 62.6 Å². The third kappa shape index (κ3) is 5.16. The van der Waals surface area contributed by atoms with E-state index in [9.17, 15) is 19.6 Å². The van der Waals surface area contributed by atoms with Crippen LogP contribution in [0.3, 0.4) is 0 Å². The number of nitrogens with zero attached hydrogens (tertiary/aromatic N) is 2. The molecule has 0 aromatic heterocycles. The predicted octanol–water partition coefficient (Wildman–Crippen LogP) is 1.59. The summed E-state index contributed by atoms with van der Waals surface area (Å²) in [6.07, 6.45) is 0. The molecule has 2 aromatic rings. The van der Waals surface area contributed by atoms with E-state index < -0.39 is 18.5 Å². The minimum absolute atomic E-state index is 0.171. The highest BCUT2D eigenvalue weighted by Crippen LogP contribution is 2.27. The van der Waals surface area contributed by atoms with Crippen molar-refractivity contribution in [1.29, 1.82) is 5.26 Å². The van der Waals surface area contributed by atoms with E-state index in [1.807, 2.05) is 0 Å². The Morgan fingerprint density at radius 1 is 1.04 bits per heavy atom. The number of rotatable bonds is 6. The quantitative estimate of drug-likeness (QED) is 0.784. The van der Waals surface area contributed by atoms with Crippen molar-refractivity contribution in [3.8, 4) is 17.2 Å². The molecule has 138 valence electrons. The third-order valence-corrected chi connectivity index (χ3v) is 3.75. The molecule has 0 fully saturated rings. The molecule has 7 heteroatoms. The predicted molar refractivity (Wildman–Crippen MR) is 98.6 cm³/mol. The fourth-order valence-electron chi connectivity index (χ4n) is 2.30. The van der Waals surface area contributed by atoms with E-state index in [4.69, 9.17) is 4.74 Å². The number of hydrogen-bond donors (Lipinski definition) is 1. The highest BCUT2D eigenvalue weighted by molar-refractivity contribution is 5.99. The van der Waals surface area contributed by atoms with Crippen LogP contribution < -0.4 is 5.32 Å². The van der Waals surface area contributed by atoms with Gasteiger partial charge in [-0.2, -0.15) is 5.26 Å². The maximum Gasteiger partial charge on any atom is 0.339 e. The maximum atomic E-state index is 12.4. The molecule has 0 spiro atoms. The first kappa shape index (κ1) is 19.7. The van der Waals surface area contributed by atoms with Gasteiger partial charge in [-0.3, -0.25) is 9.59 Å². The van der Waals surface area contributed by atoms with Gasteiger partial charge in [-0.05, 0) is 17.7 Å². The van der Waals surface area contributed by atoms with Crippen molar-refractivity contribution in [3.05, 3.63) is 59.7 Å². The number of benzene rings is 2. The van der Waals surface area contributed by atoms with E-state index in [1.165, 1.54) is 4.90 Å². The molecule has 0 aliphatic rings.